The number of hydrazone groups is 1. The van der Waals surface area contributed by atoms with Gasteiger partial charge in [0, 0.05) is 11.3 Å². The van der Waals surface area contributed by atoms with E-state index in [1.54, 1.807) is 6.07 Å². The number of rotatable bonds is 8. The molecule has 6 rings (SSSR count). The molecule has 4 aromatic carbocycles. The van der Waals surface area contributed by atoms with E-state index in [0.717, 1.165) is 33.4 Å². The summed E-state index contributed by atoms with van der Waals surface area (Å²) in [6.45, 7) is 0. The Bertz CT molecular complexity index is 1760. The maximum Gasteiger partial charge on any atom is 0.244 e. The van der Waals surface area contributed by atoms with Crippen LogP contribution in [0.25, 0.3) is 27.8 Å². The Morgan fingerprint density at radius 1 is 0.846 bits per heavy atom. The average Bonchev–Trinajstić information content (AvgIpc) is 3.61. The molecule has 39 heavy (non-hydrogen) atoms. The van der Waals surface area contributed by atoms with E-state index in [2.05, 4.69) is 20.7 Å². The van der Waals surface area contributed by atoms with Crippen LogP contribution in [0, 0.1) is 0 Å². The van der Waals surface area contributed by atoms with Crippen LogP contribution < -0.4 is 5.43 Å². The van der Waals surface area contributed by atoms with Crippen LogP contribution >= 0.6 is 11.8 Å². The average molecular weight is 530 g/mol. The highest BCUT2D eigenvalue weighted by Crippen LogP contribution is 2.33. The molecule has 7 nitrogen and oxygen atoms in total. The van der Waals surface area contributed by atoms with Crippen LogP contribution in [0.5, 0.6) is 0 Å². The molecule has 1 N–H and O–H groups in total. The third kappa shape index (κ3) is 5.51. The van der Waals surface area contributed by atoms with Crippen molar-refractivity contribution in [1.82, 2.24) is 20.2 Å². The molecule has 190 valence electrons. The van der Waals surface area contributed by atoms with Crippen LogP contribution in [0.1, 0.15) is 11.3 Å². The molecule has 0 bridgehead atoms. The Kier molecular flexibility index (Phi) is 7.01. The standard InChI is InChI=1S/C31H23N5O2S/c37-28(20-24-14-9-13-22-10-7-8-17-27(22)24)33-32-21-26-18-19-29(38-26)39-31-35-34-30(23-11-3-1-4-12-23)36(31)25-15-5-2-6-16-25/h1-19,21H,20H2,(H,33,37)/b32-21+. The van der Waals surface area contributed by atoms with Crippen molar-refractivity contribution in [3.05, 3.63) is 127 Å². The van der Waals surface area contributed by atoms with Gasteiger partial charge in [-0.3, -0.25) is 9.36 Å². The molecular weight excluding hydrogens is 506 g/mol. The lowest BCUT2D eigenvalue weighted by Crippen LogP contribution is -2.19. The minimum Gasteiger partial charge on any atom is -0.448 e. The molecule has 0 unspecified atom stereocenters. The van der Waals surface area contributed by atoms with Crippen LogP contribution in [0.15, 0.2) is 135 Å². The van der Waals surface area contributed by atoms with E-state index in [1.807, 2.05) is 114 Å². The lowest BCUT2D eigenvalue weighted by molar-refractivity contribution is -0.120. The Morgan fingerprint density at radius 3 is 2.44 bits per heavy atom. The van der Waals surface area contributed by atoms with Crippen molar-refractivity contribution in [2.24, 2.45) is 5.10 Å². The second-order valence-electron chi connectivity index (χ2n) is 8.71. The summed E-state index contributed by atoms with van der Waals surface area (Å²) in [7, 11) is 0. The first kappa shape index (κ1) is 24.4. The first-order valence-corrected chi connectivity index (χ1v) is 13.2. The molecule has 0 atom stereocenters. The number of hydrogen-bond donors (Lipinski definition) is 1. The normalized spacial score (nSPS) is 11.3. The summed E-state index contributed by atoms with van der Waals surface area (Å²) in [4.78, 5) is 12.5. The minimum absolute atomic E-state index is 0.201. The largest absolute Gasteiger partial charge is 0.448 e. The SMILES string of the molecule is O=C(Cc1cccc2ccccc12)N/N=C/c1ccc(Sc2nnc(-c3ccccc3)n2-c2ccccc2)o1. The summed E-state index contributed by atoms with van der Waals surface area (Å²) in [5.41, 5.74) is 5.46. The molecule has 0 saturated carbocycles. The highest BCUT2D eigenvalue weighted by Gasteiger charge is 2.18. The summed E-state index contributed by atoms with van der Waals surface area (Å²) in [5, 5.41) is 16.5. The van der Waals surface area contributed by atoms with Crippen molar-refractivity contribution in [2.75, 3.05) is 0 Å². The number of nitrogens with zero attached hydrogens (tertiary/aromatic N) is 4. The highest BCUT2D eigenvalue weighted by atomic mass is 32.2. The van der Waals surface area contributed by atoms with Crippen LogP contribution in [0.3, 0.4) is 0 Å². The molecule has 6 aromatic rings. The number of carbonyl (C=O) groups is 1. The lowest BCUT2D eigenvalue weighted by Gasteiger charge is -2.09. The molecular formula is C31H23N5O2S. The number of aromatic nitrogens is 3. The Labute approximate surface area is 229 Å². The summed E-state index contributed by atoms with van der Waals surface area (Å²) in [6.07, 6.45) is 1.72. The molecule has 0 spiro atoms. The molecule has 8 heteroatoms. The molecule has 0 aliphatic carbocycles. The number of carbonyl (C=O) groups excluding carboxylic acids is 1. The molecule has 0 aliphatic heterocycles. The van der Waals surface area contributed by atoms with Gasteiger partial charge in [-0.25, -0.2) is 5.43 Å². The van der Waals surface area contributed by atoms with Gasteiger partial charge in [-0.1, -0.05) is 91.0 Å². The monoisotopic (exact) mass is 529 g/mol. The fraction of sp³-hybridized carbons (Fsp3) is 0.0323. The van der Waals surface area contributed by atoms with E-state index in [4.69, 9.17) is 4.42 Å². The van der Waals surface area contributed by atoms with Gasteiger partial charge in [0.05, 0.1) is 12.6 Å². The molecule has 0 saturated heterocycles. The molecule has 2 aromatic heterocycles. The van der Waals surface area contributed by atoms with Crippen molar-refractivity contribution in [1.29, 1.82) is 0 Å². The van der Waals surface area contributed by atoms with Crippen molar-refractivity contribution >= 4 is 34.7 Å². The zero-order chi connectivity index (χ0) is 26.4. The number of benzene rings is 4. The van der Waals surface area contributed by atoms with E-state index in [1.165, 1.54) is 18.0 Å². The van der Waals surface area contributed by atoms with Gasteiger partial charge in [-0.2, -0.15) is 5.10 Å². The number of hydrogen-bond acceptors (Lipinski definition) is 6. The highest BCUT2D eigenvalue weighted by molar-refractivity contribution is 7.99. The lowest BCUT2D eigenvalue weighted by atomic mass is 10.0. The van der Waals surface area contributed by atoms with E-state index in [-0.39, 0.29) is 12.3 Å². The van der Waals surface area contributed by atoms with Gasteiger partial charge in [0.1, 0.15) is 5.76 Å². The van der Waals surface area contributed by atoms with E-state index >= 15 is 0 Å². The predicted octanol–water partition coefficient (Wildman–Crippen LogP) is 6.52. The van der Waals surface area contributed by atoms with Crippen LogP contribution in [0.4, 0.5) is 0 Å². The first-order chi connectivity index (χ1) is 19.2. The number of fused-ring (bicyclic) bond motifs is 1. The summed E-state index contributed by atoms with van der Waals surface area (Å²) in [6, 6.07) is 37.5. The van der Waals surface area contributed by atoms with Crippen molar-refractivity contribution in [3.8, 4) is 17.1 Å². The van der Waals surface area contributed by atoms with Crippen LogP contribution in [-0.2, 0) is 11.2 Å². The summed E-state index contributed by atoms with van der Waals surface area (Å²) < 4.78 is 7.94. The van der Waals surface area contributed by atoms with Crippen LogP contribution in [0.2, 0.25) is 0 Å². The van der Waals surface area contributed by atoms with Gasteiger partial charge >= 0.3 is 0 Å². The zero-order valence-electron chi connectivity index (χ0n) is 20.8. The van der Waals surface area contributed by atoms with Gasteiger partial charge in [0.25, 0.3) is 0 Å². The fourth-order valence-corrected chi connectivity index (χ4v) is 5.11. The number of nitrogens with one attached hydrogen (secondary N) is 1. The van der Waals surface area contributed by atoms with Gasteiger partial charge < -0.3 is 4.42 Å². The molecule has 0 radical (unpaired) electrons. The van der Waals surface area contributed by atoms with E-state index < -0.39 is 0 Å². The minimum atomic E-state index is -0.201. The maximum absolute atomic E-state index is 12.5. The third-order valence-corrected chi connectivity index (χ3v) is 6.95. The van der Waals surface area contributed by atoms with E-state index in [9.17, 15) is 4.79 Å². The Hall–Kier alpha value is -4.95. The summed E-state index contributed by atoms with van der Waals surface area (Å²) >= 11 is 1.36. The molecule has 1 amide bonds. The molecule has 0 aliphatic rings. The molecule has 2 heterocycles. The number of para-hydroxylation sites is 1. The number of furan rings is 1. The van der Waals surface area contributed by atoms with Gasteiger partial charge in [0.2, 0.25) is 11.1 Å². The fourth-order valence-electron chi connectivity index (χ4n) is 4.30. The van der Waals surface area contributed by atoms with Crippen molar-refractivity contribution < 1.29 is 9.21 Å². The Morgan fingerprint density at radius 2 is 1.59 bits per heavy atom. The zero-order valence-corrected chi connectivity index (χ0v) is 21.6. The van der Waals surface area contributed by atoms with Crippen molar-refractivity contribution in [3.63, 3.8) is 0 Å². The maximum atomic E-state index is 12.5. The predicted molar refractivity (Wildman–Crippen MR) is 153 cm³/mol. The topological polar surface area (TPSA) is 85.3 Å². The molecule has 0 fully saturated rings. The quantitative estimate of drug-likeness (QED) is 0.179. The third-order valence-electron chi connectivity index (χ3n) is 6.09. The van der Waals surface area contributed by atoms with Crippen LogP contribution in [-0.4, -0.2) is 26.9 Å². The van der Waals surface area contributed by atoms with E-state index in [0.29, 0.717) is 16.0 Å². The van der Waals surface area contributed by atoms with Crippen molar-refractivity contribution in [2.45, 2.75) is 16.7 Å². The smallest absolute Gasteiger partial charge is 0.244 e. The Balaban J connectivity index is 1.15. The number of amides is 1. The second kappa shape index (κ2) is 11.2. The van der Waals surface area contributed by atoms with Gasteiger partial charge in [-0.05, 0) is 52.4 Å². The second-order valence-corrected chi connectivity index (χ2v) is 9.68. The van der Waals surface area contributed by atoms with Gasteiger partial charge in [-0.15, -0.1) is 10.2 Å². The summed E-state index contributed by atoms with van der Waals surface area (Å²) in [5.74, 6) is 1.05. The first-order valence-electron chi connectivity index (χ1n) is 12.4. The van der Waals surface area contributed by atoms with Gasteiger partial charge in [0.15, 0.2) is 10.9 Å².